The Morgan fingerprint density at radius 1 is 1.24 bits per heavy atom. The molecule has 0 saturated heterocycles. The average Bonchev–Trinajstić information content (AvgIpc) is 3.16. The van der Waals surface area contributed by atoms with Gasteiger partial charge in [0.15, 0.2) is 6.10 Å². The van der Waals surface area contributed by atoms with Gasteiger partial charge in [-0.05, 0) is 36.8 Å². The van der Waals surface area contributed by atoms with Gasteiger partial charge in [0.1, 0.15) is 5.75 Å². The highest BCUT2D eigenvalue weighted by Gasteiger charge is 2.15. The third-order valence-corrected chi connectivity index (χ3v) is 4.03. The van der Waals surface area contributed by atoms with Crippen molar-refractivity contribution in [2.24, 2.45) is 0 Å². The number of ether oxygens (including phenoxy) is 1. The quantitative estimate of drug-likeness (QED) is 0.735. The van der Waals surface area contributed by atoms with Gasteiger partial charge in [0.2, 0.25) is 0 Å². The van der Waals surface area contributed by atoms with E-state index in [0.717, 1.165) is 11.3 Å². The fourth-order valence-electron chi connectivity index (χ4n) is 2.31. The van der Waals surface area contributed by atoms with Gasteiger partial charge in [0.05, 0.1) is 11.3 Å². The first-order valence-corrected chi connectivity index (χ1v) is 8.27. The molecule has 0 aliphatic heterocycles. The van der Waals surface area contributed by atoms with Gasteiger partial charge in [0, 0.05) is 24.6 Å². The number of para-hydroxylation sites is 1. The lowest BCUT2D eigenvalue weighted by Gasteiger charge is -2.15. The van der Waals surface area contributed by atoms with Crippen LogP contribution < -0.4 is 10.1 Å². The molecule has 0 radical (unpaired) electrons. The molecule has 2 aromatic carbocycles. The minimum atomic E-state index is -0.634. The van der Waals surface area contributed by atoms with Crippen LogP contribution in [0.3, 0.4) is 0 Å². The molecular weight excluding hydrogens is 338 g/mol. The van der Waals surface area contributed by atoms with Crippen molar-refractivity contribution >= 4 is 17.5 Å². The number of benzene rings is 2. The fourth-order valence-corrected chi connectivity index (χ4v) is 2.50. The van der Waals surface area contributed by atoms with E-state index in [-0.39, 0.29) is 5.91 Å². The van der Waals surface area contributed by atoms with E-state index in [0.29, 0.717) is 17.3 Å². The first-order valence-electron chi connectivity index (χ1n) is 7.89. The number of halogens is 1. The highest BCUT2D eigenvalue weighted by molar-refractivity contribution is 6.32. The number of hydrogen-bond donors (Lipinski definition) is 1. The molecule has 0 bridgehead atoms. The van der Waals surface area contributed by atoms with Crippen LogP contribution >= 0.6 is 11.6 Å². The van der Waals surface area contributed by atoms with Crippen molar-refractivity contribution in [3.63, 3.8) is 0 Å². The summed E-state index contributed by atoms with van der Waals surface area (Å²) in [5.74, 6) is 0.301. The topological polar surface area (TPSA) is 56.1 Å². The zero-order chi connectivity index (χ0) is 17.6. The van der Waals surface area contributed by atoms with E-state index in [1.54, 1.807) is 31.6 Å². The molecule has 0 fully saturated rings. The number of nitrogens with one attached hydrogen (secondary N) is 1. The van der Waals surface area contributed by atoms with Gasteiger partial charge in [-0.2, -0.15) is 0 Å². The molecule has 0 unspecified atom stereocenters. The van der Waals surface area contributed by atoms with Crippen LogP contribution in [0.5, 0.6) is 5.75 Å². The molecular formula is C19H18ClN3O2. The second kappa shape index (κ2) is 7.85. The molecule has 0 aliphatic rings. The van der Waals surface area contributed by atoms with E-state index in [4.69, 9.17) is 16.3 Å². The summed E-state index contributed by atoms with van der Waals surface area (Å²) in [7, 11) is 0. The SMILES string of the molecule is C[C@@H](Oc1ccccc1Cl)C(=O)NCc1ccc(-n2ccnc2)cc1. The van der Waals surface area contributed by atoms with Gasteiger partial charge in [-0.1, -0.05) is 35.9 Å². The van der Waals surface area contributed by atoms with Crippen molar-refractivity contribution in [2.75, 3.05) is 0 Å². The standard InChI is InChI=1S/C19H18ClN3O2/c1-14(25-18-5-3-2-4-17(18)20)19(24)22-12-15-6-8-16(9-7-15)23-11-10-21-13-23/h2-11,13-14H,12H2,1H3,(H,22,24)/t14-/m1/s1. The van der Waals surface area contributed by atoms with E-state index in [1.165, 1.54) is 0 Å². The Bertz CT molecular complexity index is 832. The molecule has 1 heterocycles. The predicted molar refractivity (Wildman–Crippen MR) is 97.0 cm³/mol. The number of hydrogen-bond acceptors (Lipinski definition) is 3. The molecule has 1 atom stereocenters. The zero-order valence-electron chi connectivity index (χ0n) is 13.7. The summed E-state index contributed by atoms with van der Waals surface area (Å²) in [6.07, 6.45) is 4.72. The summed E-state index contributed by atoms with van der Waals surface area (Å²) < 4.78 is 7.53. The first kappa shape index (κ1) is 17.0. The summed E-state index contributed by atoms with van der Waals surface area (Å²) >= 11 is 6.04. The maximum Gasteiger partial charge on any atom is 0.261 e. The van der Waals surface area contributed by atoms with Gasteiger partial charge in [-0.25, -0.2) is 4.98 Å². The lowest BCUT2D eigenvalue weighted by molar-refractivity contribution is -0.127. The summed E-state index contributed by atoms with van der Waals surface area (Å²) in [6.45, 7) is 2.13. The van der Waals surface area contributed by atoms with Crippen molar-refractivity contribution in [1.29, 1.82) is 0 Å². The predicted octanol–water partition coefficient (Wildman–Crippen LogP) is 3.61. The van der Waals surface area contributed by atoms with E-state index >= 15 is 0 Å². The van der Waals surface area contributed by atoms with Gasteiger partial charge in [-0.15, -0.1) is 0 Å². The molecule has 1 N–H and O–H groups in total. The van der Waals surface area contributed by atoms with Crippen LogP contribution in [0.15, 0.2) is 67.3 Å². The third kappa shape index (κ3) is 4.39. The molecule has 25 heavy (non-hydrogen) atoms. The van der Waals surface area contributed by atoms with Gasteiger partial charge in [0.25, 0.3) is 5.91 Å². The zero-order valence-corrected chi connectivity index (χ0v) is 14.5. The van der Waals surface area contributed by atoms with Gasteiger partial charge >= 0.3 is 0 Å². The number of carbonyl (C=O) groups is 1. The Balaban J connectivity index is 1.54. The molecule has 3 aromatic rings. The molecule has 1 aromatic heterocycles. The van der Waals surface area contributed by atoms with Crippen LogP contribution in [0.2, 0.25) is 5.02 Å². The summed E-state index contributed by atoms with van der Waals surface area (Å²) in [4.78, 5) is 16.2. The summed E-state index contributed by atoms with van der Waals surface area (Å²) in [5.41, 5.74) is 2.02. The van der Waals surface area contributed by atoms with Crippen LogP contribution in [-0.2, 0) is 11.3 Å². The second-order valence-electron chi connectivity index (χ2n) is 5.54. The van der Waals surface area contributed by atoms with E-state index in [9.17, 15) is 4.79 Å². The number of amides is 1. The number of rotatable bonds is 6. The Labute approximate surface area is 151 Å². The van der Waals surface area contributed by atoms with Crippen molar-refractivity contribution in [2.45, 2.75) is 19.6 Å². The minimum absolute atomic E-state index is 0.196. The van der Waals surface area contributed by atoms with E-state index in [2.05, 4.69) is 10.3 Å². The highest BCUT2D eigenvalue weighted by atomic mass is 35.5. The van der Waals surface area contributed by atoms with Crippen LogP contribution in [0.4, 0.5) is 0 Å². The largest absolute Gasteiger partial charge is 0.479 e. The lowest BCUT2D eigenvalue weighted by atomic mass is 10.2. The molecule has 5 nitrogen and oxygen atoms in total. The normalized spacial score (nSPS) is 11.8. The van der Waals surface area contributed by atoms with Crippen LogP contribution in [0, 0.1) is 0 Å². The summed E-state index contributed by atoms with van der Waals surface area (Å²) in [5, 5.41) is 3.35. The number of nitrogens with zero attached hydrogens (tertiary/aromatic N) is 2. The molecule has 3 rings (SSSR count). The fraction of sp³-hybridized carbons (Fsp3) is 0.158. The number of carbonyl (C=O) groups excluding carboxylic acids is 1. The maximum atomic E-state index is 12.2. The van der Waals surface area contributed by atoms with Gasteiger partial charge in [-0.3, -0.25) is 4.79 Å². The van der Waals surface area contributed by atoms with Crippen LogP contribution in [-0.4, -0.2) is 21.6 Å². The monoisotopic (exact) mass is 355 g/mol. The van der Waals surface area contributed by atoms with E-state index in [1.807, 2.05) is 47.2 Å². The minimum Gasteiger partial charge on any atom is -0.479 e. The summed E-state index contributed by atoms with van der Waals surface area (Å²) in [6, 6.07) is 15.0. The van der Waals surface area contributed by atoms with E-state index < -0.39 is 6.10 Å². The Morgan fingerprint density at radius 2 is 2.00 bits per heavy atom. The number of aromatic nitrogens is 2. The van der Waals surface area contributed by atoms with Crippen molar-refractivity contribution in [3.05, 3.63) is 77.8 Å². The van der Waals surface area contributed by atoms with Crippen molar-refractivity contribution in [1.82, 2.24) is 14.9 Å². The van der Waals surface area contributed by atoms with Crippen molar-refractivity contribution < 1.29 is 9.53 Å². The molecule has 128 valence electrons. The van der Waals surface area contributed by atoms with Crippen molar-refractivity contribution in [3.8, 4) is 11.4 Å². The Hall–Kier alpha value is -2.79. The van der Waals surface area contributed by atoms with Crippen LogP contribution in [0.1, 0.15) is 12.5 Å². The first-order chi connectivity index (χ1) is 12.1. The highest BCUT2D eigenvalue weighted by Crippen LogP contribution is 2.24. The smallest absolute Gasteiger partial charge is 0.261 e. The average molecular weight is 356 g/mol. The molecule has 6 heteroatoms. The molecule has 0 spiro atoms. The third-order valence-electron chi connectivity index (χ3n) is 3.72. The van der Waals surface area contributed by atoms with Crippen LogP contribution in [0.25, 0.3) is 5.69 Å². The molecule has 1 amide bonds. The van der Waals surface area contributed by atoms with Gasteiger partial charge < -0.3 is 14.6 Å². The molecule has 0 saturated carbocycles. The maximum absolute atomic E-state index is 12.2. The molecule has 0 aliphatic carbocycles. The second-order valence-corrected chi connectivity index (χ2v) is 5.95. The lowest BCUT2D eigenvalue weighted by Crippen LogP contribution is -2.35. The number of imidazole rings is 1. The Morgan fingerprint density at radius 3 is 2.68 bits per heavy atom. The Kier molecular flexibility index (Phi) is 5.36.